The number of aromatic hydroxyl groups is 1. The molecule has 0 bridgehead atoms. The van der Waals surface area contributed by atoms with E-state index in [0.29, 0.717) is 6.42 Å². The molecule has 11 heteroatoms. The Kier molecular flexibility index (Phi) is 6.71. The summed E-state index contributed by atoms with van der Waals surface area (Å²) in [4.78, 5) is 0. The Morgan fingerprint density at radius 1 is 0.909 bits per heavy atom. The molecule has 0 aromatic heterocycles. The van der Waals surface area contributed by atoms with Crippen LogP contribution in [0.4, 0.5) is 35.1 Å². The van der Waals surface area contributed by atoms with Gasteiger partial charge in [0.1, 0.15) is 22.9 Å². The number of alkyl halides is 4. The largest absolute Gasteiger partial charge is 0.507 e. The van der Waals surface area contributed by atoms with Crippen LogP contribution in [0, 0.1) is 23.3 Å². The van der Waals surface area contributed by atoms with Crippen LogP contribution in [0.3, 0.4) is 0 Å². The molecule has 0 heterocycles. The molecule has 1 N–H and O–H groups in total. The fourth-order valence-electron chi connectivity index (χ4n) is 3.05. The maximum Gasteiger partial charge on any atom is 0.432 e. The zero-order valence-electron chi connectivity index (χ0n) is 16.6. The Morgan fingerprint density at radius 2 is 1.48 bits per heavy atom. The lowest BCUT2D eigenvalue weighted by Gasteiger charge is -2.21. The molecule has 0 unspecified atom stereocenters. The highest BCUT2D eigenvalue weighted by atomic mass is 19.3. The quantitative estimate of drug-likeness (QED) is 0.375. The molecule has 3 aromatic carbocycles. The van der Waals surface area contributed by atoms with E-state index in [2.05, 4.69) is 9.47 Å². The molecule has 0 atom stereocenters. The lowest BCUT2D eigenvalue weighted by Crippen LogP contribution is -2.25. The van der Waals surface area contributed by atoms with Crippen molar-refractivity contribution < 1.29 is 49.7 Å². The van der Waals surface area contributed by atoms with Crippen molar-refractivity contribution in [1.82, 2.24) is 0 Å². The van der Waals surface area contributed by atoms with Crippen LogP contribution in [0.5, 0.6) is 17.2 Å². The molecule has 0 aliphatic carbocycles. The van der Waals surface area contributed by atoms with Gasteiger partial charge in [-0.15, -0.1) is 0 Å². The van der Waals surface area contributed by atoms with Gasteiger partial charge in [0.15, 0.2) is 23.2 Å². The Hall–Kier alpha value is -3.50. The first-order chi connectivity index (χ1) is 15.4. The molecule has 176 valence electrons. The normalized spacial score (nSPS) is 11.7. The molecular weight excluding hydrogens is 464 g/mol. The van der Waals surface area contributed by atoms with Crippen LogP contribution in [0.25, 0.3) is 11.1 Å². The van der Waals surface area contributed by atoms with Gasteiger partial charge in [-0.3, -0.25) is 0 Å². The Balaban J connectivity index is 2.04. The Bertz CT molecular complexity index is 1140. The van der Waals surface area contributed by atoms with E-state index in [1.165, 1.54) is 12.1 Å². The molecule has 3 nitrogen and oxygen atoms in total. The minimum absolute atomic E-state index is 0.0511. The van der Waals surface area contributed by atoms with E-state index >= 15 is 4.39 Å². The predicted octanol–water partition coefficient (Wildman–Crippen LogP) is 6.91. The maximum atomic E-state index is 15.0. The van der Waals surface area contributed by atoms with Gasteiger partial charge in [0, 0.05) is 18.2 Å². The molecule has 3 aromatic rings. The van der Waals surface area contributed by atoms with Crippen molar-refractivity contribution in [3.05, 3.63) is 76.9 Å². The number of aryl methyl sites for hydroxylation is 1. The van der Waals surface area contributed by atoms with Crippen molar-refractivity contribution >= 4 is 0 Å². The third kappa shape index (κ3) is 4.96. The van der Waals surface area contributed by atoms with Crippen LogP contribution in [0.15, 0.2) is 42.5 Å². The number of halogens is 8. The van der Waals surface area contributed by atoms with Crippen molar-refractivity contribution in [2.45, 2.75) is 26.1 Å². The van der Waals surface area contributed by atoms with Crippen LogP contribution in [0.2, 0.25) is 0 Å². The van der Waals surface area contributed by atoms with Gasteiger partial charge in [-0.05, 0) is 17.5 Å². The van der Waals surface area contributed by atoms with Gasteiger partial charge in [0.2, 0.25) is 0 Å². The first-order valence-electron chi connectivity index (χ1n) is 9.26. The van der Waals surface area contributed by atoms with Crippen molar-refractivity contribution in [2.75, 3.05) is 0 Å². The molecule has 33 heavy (non-hydrogen) atoms. The van der Waals surface area contributed by atoms with Crippen LogP contribution in [-0.4, -0.2) is 11.7 Å². The van der Waals surface area contributed by atoms with E-state index in [9.17, 15) is 35.8 Å². The standard InChI is InChI=1S/C22H14F8O3/c1-2-10-3-5-11(6-4-10)17-16(31)9-13(23)18(19(17)26)22(29,30)33-12-7-14(24)20(15(25)8-12)32-21(27)28/h3-9,21,31H,2H2,1H3. The maximum absolute atomic E-state index is 15.0. The second kappa shape index (κ2) is 9.16. The molecule has 0 saturated carbocycles. The van der Waals surface area contributed by atoms with Gasteiger partial charge in [-0.25, -0.2) is 17.6 Å². The van der Waals surface area contributed by atoms with Crippen molar-refractivity contribution in [3.8, 4) is 28.4 Å². The summed E-state index contributed by atoms with van der Waals surface area (Å²) in [7, 11) is 0. The number of hydrogen-bond donors (Lipinski definition) is 1. The summed E-state index contributed by atoms with van der Waals surface area (Å²) in [6.45, 7) is -1.77. The molecule has 0 fully saturated rings. The van der Waals surface area contributed by atoms with Crippen molar-refractivity contribution in [1.29, 1.82) is 0 Å². The average molecular weight is 478 g/mol. The average Bonchev–Trinajstić information content (AvgIpc) is 2.70. The molecule has 0 amide bonds. The first-order valence-corrected chi connectivity index (χ1v) is 9.26. The SMILES string of the molecule is CCc1ccc(-c2c(O)cc(F)c(C(F)(F)Oc3cc(F)c(OC(F)F)c(F)c3)c2F)cc1. The fourth-order valence-corrected chi connectivity index (χ4v) is 3.05. The number of benzene rings is 3. The summed E-state index contributed by atoms with van der Waals surface area (Å²) in [5, 5.41) is 9.97. The Morgan fingerprint density at radius 3 is 2.00 bits per heavy atom. The zero-order chi connectivity index (χ0) is 24.5. The number of phenolic OH excluding ortho intramolecular Hbond substituents is 1. The molecule has 0 spiro atoms. The summed E-state index contributed by atoms with van der Waals surface area (Å²) in [5.74, 6) is -11.2. The summed E-state index contributed by atoms with van der Waals surface area (Å²) in [6.07, 6.45) is -4.21. The molecule has 0 aliphatic heterocycles. The van der Waals surface area contributed by atoms with Crippen molar-refractivity contribution in [2.24, 2.45) is 0 Å². The van der Waals surface area contributed by atoms with Gasteiger partial charge in [0.25, 0.3) is 0 Å². The smallest absolute Gasteiger partial charge is 0.432 e. The second-order valence-corrected chi connectivity index (χ2v) is 6.71. The summed E-state index contributed by atoms with van der Waals surface area (Å²) in [6, 6.07) is 6.12. The Labute approximate surface area is 181 Å². The molecule has 0 aliphatic rings. The van der Waals surface area contributed by atoms with E-state index in [1.54, 1.807) is 12.1 Å². The summed E-state index contributed by atoms with van der Waals surface area (Å²) < 4.78 is 118. The third-order valence-corrected chi connectivity index (χ3v) is 4.56. The summed E-state index contributed by atoms with van der Waals surface area (Å²) >= 11 is 0. The van der Waals surface area contributed by atoms with Gasteiger partial charge in [-0.1, -0.05) is 31.2 Å². The van der Waals surface area contributed by atoms with Crippen LogP contribution < -0.4 is 9.47 Å². The van der Waals surface area contributed by atoms with Gasteiger partial charge in [-0.2, -0.15) is 17.6 Å². The molecular formula is C22H14F8O3. The predicted molar refractivity (Wildman–Crippen MR) is 100 cm³/mol. The van der Waals surface area contributed by atoms with Crippen LogP contribution in [0.1, 0.15) is 18.1 Å². The van der Waals surface area contributed by atoms with Crippen LogP contribution in [-0.2, 0) is 12.5 Å². The highest BCUT2D eigenvalue weighted by Gasteiger charge is 2.43. The number of ether oxygens (including phenoxy) is 2. The zero-order valence-corrected chi connectivity index (χ0v) is 16.6. The number of phenols is 1. The first kappa shape index (κ1) is 24.1. The topological polar surface area (TPSA) is 38.7 Å². The van der Waals surface area contributed by atoms with Crippen LogP contribution >= 0.6 is 0 Å². The van der Waals surface area contributed by atoms with E-state index in [4.69, 9.17) is 0 Å². The minimum atomic E-state index is -4.83. The highest BCUT2D eigenvalue weighted by molar-refractivity contribution is 5.72. The van der Waals surface area contributed by atoms with Gasteiger partial charge < -0.3 is 14.6 Å². The lowest BCUT2D eigenvalue weighted by atomic mass is 9.98. The van der Waals surface area contributed by atoms with E-state index < -0.39 is 64.4 Å². The summed E-state index contributed by atoms with van der Waals surface area (Å²) in [5.41, 5.74) is -1.93. The fraction of sp³-hybridized carbons (Fsp3) is 0.182. The van der Waals surface area contributed by atoms with E-state index in [-0.39, 0.29) is 23.8 Å². The number of rotatable bonds is 7. The molecule has 0 saturated heterocycles. The van der Waals surface area contributed by atoms with Gasteiger partial charge in [0.05, 0.1) is 5.56 Å². The second-order valence-electron chi connectivity index (χ2n) is 6.71. The van der Waals surface area contributed by atoms with E-state index in [1.807, 2.05) is 6.92 Å². The van der Waals surface area contributed by atoms with Gasteiger partial charge >= 0.3 is 12.7 Å². The molecule has 0 radical (unpaired) electrons. The lowest BCUT2D eigenvalue weighted by molar-refractivity contribution is -0.189. The minimum Gasteiger partial charge on any atom is -0.507 e. The molecule has 3 rings (SSSR count). The van der Waals surface area contributed by atoms with E-state index in [0.717, 1.165) is 5.56 Å². The monoisotopic (exact) mass is 478 g/mol. The highest BCUT2D eigenvalue weighted by Crippen LogP contribution is 2.43. The number of hydrogen-bond acceptors (Lipinski definition) is 3. The van der Waals surface area contributed by atoms with Crippen molar-refractivity contribution in [3.63, 3.8) is 0 Å². The third-order valence-electron chi connectivity index (χ3n) is 4.56.